The van der Waals surface area contributed by atoms with Crippen LogP contribution in [-0.4, -0.2) is 149 Å². The van der Waals surface area contributed by atoms with Crippen molar-refractivity contribution in [3.8, 4) is 0 Å². The molecule has 0 saturated carbocycles. The SMILES string of the molecule is CCNN1CCN(C)CCN(C)CCN(NCC)CCN(C)CCN(C)CC1. The summed E-state index contributed by atoms with van der Waals surface area (Å²) >= 11 is 0. The van der Waals surface area contributed by atoms with Crippen molar-refractivity contribution in [3.05, 3.63) is 0 Å². The van der Waals surface area contributed by atoms with E-state index in [2.05, 4.69) is 82.5 Å². The average Bonchev–Trinajstić information content (AvgIpc) is 2.68. The first kappa shape index (κ1) is 25.7. The van der Waals surface area contributed by atoms with Crippen molar-refractivity contribution in [1.82, 2.24) is 40.5 Å². The van der Waals surface area contributed by atoms with E-state index in [-0.39, 0.29) is 0 Å². The number of hydrogen-bond donors (Lipinski definition) is 2. The monoisotopic (exact) mass is 400 g/mol. The Hall–Kier alpha value is -0.320. The number of nitrogens with one attached hydrogen (secondary N) is 2. The van der Waals surface area contributed by atoms with Crippen LogP contribution in [0.25, 0.3) is 0 Å². The van der Waals surface area contributed by atoms with Crippen LogP contribution >= 0.6 is 0 Å². The van der Waals surface area contributed by atoms with E-state index in [4.69, 9.17) is 0 Å². The van der Waals surface area contributed by atoms with E-state index in [0.29, 0.717) is 0 Å². The predicted octanol–water partition coefficient (Wildman–Crippen LogP) is -0.620. The first-order valence-electron chi connectivity index (χ1n) is 11.2. The Labute approximate surface area is 174 Å². The maximum atomic E-state index is 3.53. The second kappa shape index (κ2) is 15.5. The van der Waals surface area contributed by atoms with E-state index >= 15 is 0 Å². The molecular weight excluding hydrogens is 352 g/mol. The van der Waals surface area contributed by atoms with Crippen LogP contribution in [0.1, 0.15) is 13.8 Å². The Morgan fingerprint density at radius 1 is 0.429 bits per heavy atom. The van der Waals surface area contributed by atoms with Crippen molar-refractivity contribution >= 4 is 0 Å². The molecular formula is C20H48N8. The molecule has 2 N–H and O–H groups in total. The lowest BCUT2D eigenvalue weighted by Gasteiger charge is -2.31. The first-order chi connectivity index (χ1) is 13.4. The fourth-order valence-corrected chi connectivity index (χ4v) is 3.28. The summed E-state index contributed by atoms with van der Waals surface area (Å²) in [7, 11) is 8.96. The quantitative estimate of drug-likeness (QED) is 0.647. The van der Waals surface area contributed by atoms with E-state index in [9.17, 15) is 0 Å². The molecule has 0 unspecified atom stereocenters. The van der Waals surface area contributed by atoms with E-state index in [1.807, 2.05) is 0 Å². The largest absolute Gasteiger partial charge is 0.304 e. The Bertz CT molecular complexity index is 308. The zero-order chi connectivity index (χ0) is 20.8. The highest BCUT2D eigenvalue weighted by Crippen LogP contribution is 1.95. The van der Waals surface area contributed by atoms with Crippen molar-refractivity contribution in [2.24, 2.45) is 0 Å². The predicted molar refractivity (Wildman–Crippen MR) is 120 cm³/mol. The molecule has 8 heteroatoms. The second-order valence-electron chi connectivity index (χ2n) is 8.21. The van der Waals surface area contributed by atoms with Crippen LogP contribution in [0.5, 0.6) is 0 Å². The molecule has 1 aliphatic rings. The maximum absolute atomic E-state index is 3.53. The minimum Gasteiger partial charge on any atom is -0.304 e. The van der Waals surface area contributed by atoms with Gasteiger partial charge in [0.15, 0.2) is 0 Å². The summed E-state index contributed by atoms with van der Waals surface area (Å²) < 4.78 is 0. The van der Waals surface area contributed by atoms with E-state index < -0.39 is 0 Å². The molecule has 28 heavy (non-hydrogen) atoms. The summed E-state index contributed by atoms with van der Waals surface area (Å²) in [5, 5.41) is 4.77. The lowest BCUT2D eigenvalue weighted by molar-refractivity contribution is 0.123. The van der Waals surface area contributed by atoms with Gasteiger partial charge in [0.05, 0.1) is 0 Å². The summed E-state index contributed by atoms with van der Waals surface area (Å²) in [6.07, 6.45) is 0. The van der Waals surface area contributed by atoms with Gasteiger partial charge >= 0.3 is 0 Å². The average molecular weight is 401 g/mol. The maximum Gasteiger partial charge on any atom is 0.0259 e. The van der Waals surface area contributed by atoms with Crippen LogP contribution < -0.4 is 10.9 Å². The molecule has 0 radical (unpaired) electrons. The van der Waals surface area contributed by atoms with Gasteiger partial charge in [0.2, 0.25) is 0 Å². The van der Waals surface area contributed by atoms with Crippen LogP contribution in [0.3, 0.4) is 0 Å². The van der Waals surface area contributed by atoms with Crippen LogP contribution in [0.2, 0.25) is 0 Å². The third kappa shape index (κ3) is 12.3. The zero-order valence-corrected chi connectivity index (χ0v) is 19.6. The van der Waals surface area contributed by atoms with Gasteiger partial charge in [-0.1, -0.05) is 13.8 Å². The lowest BCUT2D eigenvalue weighted by Crippen LogP contribution is -2.48. The van der Waals surface area contributed by atoms with Crippen molar-refractivity contribution in [3.63, 3.8) is 0 Å². The zero-order valence-electron chi connectivity index (χ0n) is 19.6. The lowest BCUT2D eigenvalue weighted by atomic mass is 10.4. The Morgan fingerprint density at radius 2 is 0.643 bits per heavy atom. The highest BCUT2D eigenvalue weighted by atomic mass is 15.5. The number of rotatable bonds is 4. The van der Waals surface area contributed by atoms with Gasteiger partial charge in [0, 0.05) is 91.6 Å². The molecule has 1 fully saturated rings. The van der Waals surface area contributed by atoms with Gasteiger partial charge in [-0.3, -0.25) is 10.9 Å². The van der Waals surface area contributed by atoms with E-state index in [1.54, 1.807) is 0 Å². The summed E-state index contributed by atoms with van der Waals surface area (Å²) in [5.74, 6) is 0. The van der Waals surface area contributed by atoms with E-state index in [0.717, 1.165) is 91.6 Å². The Balaban J connectivity index is 2.62. The fraction of sp³-hybridized carbons (Fsp3) is 1.00. The van der Waals surface area contributed by atoms with Gasteiger partial charge in [0.1, 0.15) is 0 Å². The number of hydrogen-bond acceptors (Lipinski definition) is 8. The molecule has 0 aromatic carbocycles. The topological polar surface area (TPSA) is 43.5 Å². The third-order valence-corrected chi connectivity index (χ3v) is 5.50. The van der Waals surface area contributed by atoms with Gasteiger partial charge in [-0.25, -0.2) is 10.0 Å². The first-order valence-corrected chi connectivity index (χ1v) is 11.2. The number of nitrogens with zero attached hydrogens (tertiary/aromatic N) is 6. The minimum atomic E-state index is 0.987. The van der Waals surface area contributed by atoms with E-state index in [1.165, 1.54) is 0 Å². The molecule has 1 rings (SSSR count). The molecule has 1 aliphatic heterocycles. The van der Waals surface area contributed by atoms with Gasteiger partial charge in [0.25, 0.3) is 0 Å². The molecule has 0 aromatic rings. The van der Waals surface area contributed by atoms with Crippen LogP contribution in [0, 0.1) is 0 Å². The molecule has 0 amide bonds. The molecule has 0 spiro atoms. The Kier molecular flexibility index (Phi) is 14.2. The summed E-state index contributed by atoms with van der Waals surface area (Å²) in [6.45, 7) is 19.4. The second-order valence-corrected chi connectivity index (χ2v) is 8.21. The molecule has 8 nitrogen and oxygen atoms in total. The molecule has 0 aliphatic carbocycles. The molecule has 1 saturated heterocycles. The molecule has 0 aromatic heterocycles. The van der Waals surface area contributed by atoms with Gasteiger partial charge in [-0.15, -0.1) is 0 Å². The minimum absolute atomic E-state index is 0.987. The van der Waals surface area contributed by atoms with Gasteiger partial charge < -0.3 is 19.6 Å². The van der Waals surface area contributed by atoms with Crippen molar-refractivity contribution in [2.45, 2.75) is 13.8 Å². The molecule has 0 atom stereocenters. The van der Waals surface area contributed by atoms with Gasteiger partial charge in [-0.05, 0) is 28.2 Å². The van der Waals surface area contributed by atoms with Crippen molar-refractivity contribution < 1.29 is 0 Å². The van der Waals surface area contributed by atoms with Gasteiger partial charge in [-0.2, -0.15) is 0 Å². The van der Waals surface area contributed by atoms with Crippen molar-refractivity contribution in [1.29, 1.82) is 0 Å². The highest BCUT2D eigenvalue weighted by molar-refractivity contribution is 4.66. The van der Waals surface area contributed by atoms with Crippen LogP contribution in [0.4, 0.5) is 0 Å². The Morgan fingerprint density at radius 3 is 0.857 bits per heavy atom. The fourth-order valence-electron chi connectivity index (χ4n) is 3.28. The summed E-state index contributed by atoms with van der Waals surface area (Å²) in [4.78, 5) is 9.80. The summed E-state index contributed by atoms with van der Waals surface area (Å²) in [6, 6.07) is 0. The molecule has 0 bridgehead atoms. The summed E-state index contributed by atoms with van der Waals surface area (Å²) in [5.41, 5.74) is 7.05. The molecule has 1 heterocycles. The highest BCUT2D eigenvalue weighted by Gasteiger charge is 2.11. The molecule has 168 valence electrons. The third-order valence-electron chi connectivity index (χ3n) is 5.50. The smallest absolute Gasteiger partial charge is 0.0259 e. The van der Waals surface area contributed by atoms with Crippen LogP contribution in [-0.2, 0) is 0 Å². The van der Waals surface area contributed by atoms with Crippen molar-refractivity contribution in [2.75, 3.05) is 120 Å². The normalized spacial score (nSPS) is 24.2. The van der Waals surface area contributed by atoms with Crippen LogP contribution in [0.15, 0.2) is 0 Å². The number of hydrazine groups is 2. The standard InChI is InChI=1S/C20H48N8/c1-7-21-27-17-13-23(3)9-11-25(5)15-19-28(22-8-2)20-16-26(6)12-10-24(4)14-18-27/h21-22H,7-20H2,1-6H3. The number of likely N-dealkylation sites (N-methyl/N-ethyl adjacent to an activating group) is 4.